The zero-order valence-electron chi connectivity index (χ0n) is 58.1. The van der Waals surface area contributed by atoms with Gasteiger partial charge in [0.05, 0.1) is 106 Å². The molecule has 2 N–H and O–H groups in total. The quantitative estimate of drug-likeness (QED) is 0.0448. The lowest BCUT2D eigenvalue weighted by Gasteiger charge is -2.22. The summed E-state index contributed by atoms with van der Waals surface area (Å²) in [6, 6.07) is 0. The Morgan fingerprint density at radius 2 is 0.500 bits per heavy atom. The highest BCUT2D eigenvalue weighted by molar-refractivity contribution is 8.00. The number of nitrogens with zero attached hydrogens (tertiary/aromatic N) is 4. The van der Waals surface area contributed by atoms with Gasteiger partial charge in [-0.1, -0.05) is 59.5 Å². The Labute approximate surface area is 595 Å². The fourth-order valence-corrected chi connectivity index (χ4v) is 14.7. The van der Waals surface area contributed by atoms with Crippen LogP contribution in [0, 0.1) is 0 Å². The average Bonchev–Trinajstić information content (AvgIpc) is 3.33. The van der Waals surface area contributed by atoms with Gasteiger partial charge in [0.15, 0.2) is 0 Å². The van der Waals surface area contributed by atoms with E-state index in [2.05, 4.69) is 49.0 Å². The SMILES string of the molecule is C=CCN(CCCC)C(=O)CCSCCOCCOCCSCCCN(CCCC)C(=O)CCSCCOCCOCCSCCCN(CCCC)C(=O)CCSCCOCCOCCSCCCN(CCCC)C(=O)CCSCCOCCOCCSCCCN. The third-order valence-corrected chi connectivity index (χ3v) is 21.8. The molecule has 0 aliphatic rings. The number of nitrogens with two attached hydrogens (primary N) is 1. The topological polar surface area (TPSA) is 181 Å². The van der Waals surface area contributed by atoms with Crippen molar-refractivity contribution in [3.8, 4) is 0 Å². The van der Waals surface area contributed by atoms with E-state index in [0.717, 1.165) is 228 Å². The summed E-state index contributed by atoms with van der Waals surface area (Å²) in [7, 11) is 0. The Morgan fingerprint density at radius 1 is 0.293 bits per heavy atom. The highest BCUT2D eigenvalue weighted by Gasteiger charge is 2.16. The van der Waals surface area contributed by atoms with Crippen molar-refractivity contribution in [2.75, 3.05) is 257 Å². The predicted molar refractivity (Wildman–Crippen MR) is 407 cm³/mol. The normalized spacial score (nSPS) is 11.4. The van der Waals surface area contributed by atoms with Crippen LogP contribution in [0.1, 0.15) is 130 Å². The maximum Gasteiger partial charge on any atom is 0.223 e. The van der Waals surface area contributed by atoms with Gasteiger partial charge in [0, 0.05) is 147 Å². The summed E-state index contributed by atoms with van der Waals surface area (Å²) in [6.45, 7) is 29.8. The number of hydrogen-bond donors (Lipinski definition) is 1. The molecule has 4 amide bonds. The van der Waals surface area contributed by atoms with Crippen LogP contribution in [0.15, 0.2) is 12.7 Å². The molecular weight excluding hydrogens is 1320 g/mol. The van der Waals surface area contributed by atoms with Crippen LogP contribution in [0.25, 0.3) is 0 Å². The lowest BCUT2D eigenvalue weighted by Crippen LogP contribution is -2.33. The molecule has 0 saturated carbocycles. The summed E-state index contributed by atoms with van der Waals surface area (Å²) in [5.74, 6) is 15.7. The summed E-state index contributed by atoms with van der Waals surface area (Å²) in [6.07, 6.45) is 16.5. The van der Waals surface area contributed by atoms with E-state index in [0.29, 0.717) is 131 Å². The smallest absolute Gasteiger partial charge is 0.223 e. The molecule has 0 aliphatic carbocycles. The van der Waals surface area contributed by atoms with E-state index >= 15 is 0 Å². The first-order chi connectivity index (χ1) is 45.3. The van der Waals surface area contributed by atoms with E-state index in [9.17, 15) is 19.2 Å². The molecule has 25 heteroatoms. The minimum Gasteiger partial charge on any atom is -0.378 e. The second-order valence-electron chi connectivity index (χ2n) is 21.7. The Morgan fingerprint density at radius 3 is 0.728 bits per heavy atom. The van der Waals surface area contributed by atoms with Crippen LogP contribution < -0.4 is 5.73 Å². The van der Waals surface area contributed by atoms with E-state index in [1.165, 1.54) is 0 Å². The van der Waals surface area contributed by atoms with E-state index in [1.54, 1.807) is 53.1 Å². The van der Waals surface area contributed by atoms with Gasteiger partial charge < -0.3 is 63.2 Å². The van der Waals surface area contributed by atoms with Crippen LogP contribution in [0.4, 0.5) is 0 Å². The van der Waals surface area contributed by atoms with Gasteiger partial charge in [0.1, 0.15) is 0 Å². The van der Waals surface area contributed by atoms with Crippen LogP contribution in [0.2, 0.25) is 0 Å². The number of carbonyl (C=O) groups excluding carboxylic acids is 4. The molecule has 0 atom stereocenters. The third-order valence-electron chi connectivity index (χ3n) is 13.8. The van der Waals surface area contributed by atoms with Crippen molar-refractivity contribution in [3.05, 3.63) is 12.7 Å². The minimum atomic E-state index is 0.207. The van der Waals surface area contributed by atoms with Gasteiger partial charge in [0.2, 0.25) is 23.6 Å². The second-order valence-corrected chi connectivity index (χ2v) is 31.5. The molecule has 92 heavy (non-hydrogen) atoms. The molecule has 0 heterocycles. The van der Waals surface area contributed by atoms with Crippen molar-refractivity contribution < 1.29 is 57.1 Å². The first-order valence-corrected chi connectivity index (χ1v) is 44.2. The Bertz CT molecular complexity index is 1620. The van der Waals surface area contributed by atoms with Gasteiger partial charge >= 0.3 is 0 Å². The monoisotopic (exact) mass is 1450 g/mol. The number of carbonyl (C=O) groups is 4. The number of amides is 4. The summed E-state index contributed by atoms with van der Waals surface area (Å²) in [5.41, 5.74) is 5.52. The van der Waals surface area contributed by atoms with Gasteiger partial charge in [-0.15, -0.1) is 6.58 Å². The maximum absolute atomic E-state index is 13.1. The molecule has 0 aliphatic heterocycles. The van der Waals surface area contributed by atoms with Crippen LogP contribution in [0.3, 0.4) is 0 Å². The first kappa shape index (κ1) is 92.1. The minimum absolute atomic E-state index is 0.207. The van der Waals surface area contributed by atoms with Gasteiger partial charge in [-0.3, -0.25) is 19.2 Å². The molecule has 0 aromatic carbocycles. The number of rotatable bonds is 77. The summed E-state index contributed by atoms with van der Waals surface area (Å²) in [5, 5.41) is 0. The van der Waals surface area contributed by atoms with E-state index in [-0.39, 0.29) is 23.6 Å². The average molecular weight is 1460 g/mol. The van der Waals surface area contributed by atoms with E-state index in [4.69, 9.17) is 43.6 Å². The van der Waals surface area contributed by atoms with Gasteiger partial charge in [-0.2, -0.15) is 94.1 Å². The summed E-state index contributed by atoms with van der Waals surface area (Å²) < 4.78 is 46.0. The van der Waals surface area contributed by atoms with E-state index < -0.39 is 0 Å². The van der Waals surface area contributed by atoms with Crippen molar-refractivity contribution in [1.82, 2.24) is 19.6 Å². The van der Waals surface area contributed by atoms with Gasteiger partial charge in [-0.25, -0.2) is 0 Å². The molecule has 0 spiro atoms. The van der Waals surface area contributed by atoms with Crippen molar-refractivity contribution in [2.24, 2.45) is 5.73 Å². The largest absolute Gasteiger partial charge is 0.378 e. The highest BCUT2D eigenvalue weighted by atomic mass is 32.2. The van der Waals surface area contributed by atoms with Crippen LogP contribution in [-0.4, -0.2) is 300 Å². The molecule has 0 fully saturated rings. The van der Waals surface area contributed by atoms with Crippen LogP contribution in [-0.2, 0) is 57.1 Å². The fraction of sp³-hybridized carbons (Fsp3) is 0.910. The zero-order chi connectivity index (χ0) is 66.9. The Balaban J connectivity index is 3.85. The molecule has 0 radical (unpaired) electrons. The Hall–Kier alpha value is 0.0600. The highest BCUT2D eigenvalue weighted by Crippen LogP contribution is 2.14. The summed E-state index contributed by atoms with van der Waals surface area (Å²) in [4.78, 5) is 59.8. The maximum atomic E-state index is 13.1. The molecular formula is C67H131N5O12S8. The molecule has 0 aromatic rings. The number of hydrogen-bond acceptors (Lipinski definition) is 21. The molecule has 0 saturated heterocycles. The van der Waals surface area contributed by atoms with Gasteiger partial charge in [-0.05, 0) is 80.9 Å². The lowest BCUT2D eigenvalue weighted by atomic mass is 10.2. The number of thioether (sulfide) groups is 8. The molecule has 0 aromatic heterocycles. The first-order valence-electron chi connectivity index (χ1n) is 34.9. The number of unbranched alkanes of at least 4 members (excludes halogenated alkanes) is 4. The van der Waals surface area contributed by atoms with Crippen LogP contribution >= 0.6 is 94.1 Å². The Kier molecular flexibility index (Phi) is 76.9. The molecule has 0 unspecified atom stereocenters. The van der Waals surface area contributed by atoms with Crippen molar-refractivity contribution in [2.45, 2.75) is 130 Å². The van der Waals surface area contributed by atoms with Crippen molar-refractivity contribution in [1.29, 1.82) is 0 Å². The molecule has 544 valence electrons. The van der Waals surface area contributed by atoms with Crippen molar-refractivity contribution in [3.63, 3.8) is 0 Å². The predicted octanol–water partition coefficient (Wildman–Crippen LogP) is 11.8. The van der Waals surface area contributed by atoms with Crippen LogP contribution in [0.5, 0.6) is 0 Å². The second kappa shape index (κ2) is 76.8. The standard InChI is InChI=1S/C67H131N5O12S8/c1-6-11-25-69(24-10-5)64(73)19-52-89-60-44-82-37-33-78-41-57-86-49-16-30-71(27-13-8-3)66(75)21-54-91-62-46-84-39-35-80-43-59-88-51-18-31-72(28-14-9-4)67(76)22-55-92-63-47-83-38-34-79-42-58-87-50-17-29-70(26-12-7-2)65(74)20-53-90-61-45-81-36-32-77-40-56-85-48-15-23-68/h10H,5-9,11-63,68H2,1-4H3. The van der Waals surface area contributed by atoms with Gasteiger partial charge in [0.25, 0.3) is 0 Å². The zero-order valence-corrected chi connectivity index (χ0v) is 64.7. The summed E-state index contributed by atoms with van der Waals surface area (Å²) >= 11 is 14.6. The lowest BCUT2D eigenvalue weighted by molar-refractivity contribution is -0.131. The van der Waals surface area contributed by atoms with Crippen molar-refractivity contribution >= 4 is 118 Å². The fourth-order valence-electron chi connectivity index (χ4n) is 8.53. The molecule has 0 rings (SSSR count). The third kappa shape index (κ3) is 64.7. The van der Waals surface area contributed by atoms with E-state index in [1.807, 2.05) is 51.9 Å². The molecule has 0 bridgehead atoms. The molecule has 17 nitrogen and oxygen atoms in total. The number of ether oxygens (including phenoxy) is 8.